The Labute approximate surface area is 236 Å². The van der Waals surface area contributed by atoms with E-state index in [0.717, 1.165) is 29.1 Å². The monoisotopic (exact) mass is 596 g/mol. The van der Waals surface area contributed by atoms with Crippen LogP contribution in [0.5, 0.6) is 0 Å². The summed E-state index contributed by atoms with van der Waals surface area (Å²) in [5.41, 5.74) is 0.951. The van der Waals surface area contributed by atoms with E-state index in [4.69, 9.17) is 0 Å². The summed E-state index contributed by atoms with van der Waals surface area (Å²) in [6, 6.07) is 5.18. The van der Waals surface area contributed by atoms with E-state index in [1.54, 1.807) is 35.3 Å². The molecule has 2 aromatic heterocycles. The fourth-order valence-corrected chi connectivity index (χ4v) is 6.13. The normalized spacial score (nSPS) is 12.6. The van der Waals surface area contributed by atoms with Crippen LogP contribution < -0.4 is 15.4 Å². The first kappa shape index (κ1) is 30.0. The van der Waals surface area contributed by atoms with Crippen molar-refractivity contribution in [3.8, 4) is 10.7 Å². The number of amides is 2. The standard InChI is InChI=1S/C23H28N6O5S4/c1-14(30)20(28-38-18-7-4-3-6-17(18)29(33)34)22(32)25-10-8-19-26-16(13-36-19)23-27-15(12-37-23)21(31)24-9-5-11-35-2/h3-4,6-7,12-14,20,28,30H,5,8-11H2,1-2H3,(H,24,31)(H,25,32)/t14-,20-/m1/s1. The third kappa shape index (κ3) is 8.74. The quantitative estimate of drug-likeness (QED) is 0.0887. The lowest BCUT2D eigenvalue weighted by Crippen LogP contribution is -2.48. The van der Waals surface area contributed by atoms with Gasteiger partial charge >= 0.3 is 0 Å². The molecule has 0 bridgehead atoms. The van der Waals surface area contributed by atoms with E-state index in [2.05, 4.69) is 25.3 Å². The maximum atomic E-state index is 12.7. The van der Waals surface area contributed by atoms with E-state index in [1.165, 1.54) is 35.7 Å². The molecule has 0 fully saturated rings. The summed E-state index contributed by atoms with van der Waals surface area (Å²) in [5.74, 6) is 0.349. The summed E-state index contributed by atoms with van der Waals surface area (Å²) < 4.78 is 2.83. The summed E-state index contributed by atoms with van der Waals surface area (Å²) >= 11 is 5.43. The molecular weight excluding hydrogens is 569 g/mol. The Kier molecular flexibility index (Phi) is 11.9. The van der Waals surface area contributed by atoms with Crippen molar-refractivity contribution in [2.24, 2.45) is 0 Å². The molecule has 0 saturated heterocycles. The van der Waals surface area contributed by atoms with E-state index in [0.29, 0.717) is 34.3 Å². The highest BCUT2D eigenvalue weighted by Crippen LogP contribution is 2.27. The smallest absolute Gasteiger partial charge is 0.284 e. The van der Waals surface area contributed by atoms with Gasteiger partial charge in [0, 0.05) is 36.3 Å². The van der Waals surface area contributed by atoms with Gasteiger partial charge in [-0.05, 0) is 43.4 Å². The minimum atomic E-state index is -1.03. The van der Waals surface area contributed by atoms with Crippen molar-refractivity contribution in [1.82, 2.24) is 25.3 Å². The highest BCUT2D eigenvalue weighted by molar-refractivity contribution is 7.98. The van der Waals surface area contributed by atoms with Crippen LogP contribution in [0.25, 0.3) is 10.7 Å². The Morgan fingerprint density at radius 2 is 1.95 bits per heavy atom. The van der Waals surface area contributed by atoms with E-state index < -0.39 is 23.0 Å². The van der Waals surface area contributed by atoms with Crippen molar-refractivity contribution in [3.05, 3.63) is 55.8 Å². The molecule has 0 aliphatic rings. The van der Waals surface area contributed by atoms with Crippen LogP contribution in [-0.4, -0.2) is 69.1 Å². The van der Waals surface area contributed by atoms with Crippen LogP contribution in [0.3, 0.4) is 0 Å². The van der Waals surface area contributed by atoms with Crippen LogP contribution in [0.4, 0.5) is 5.69 Å². The second-order valence-corrected chi connectivity index (χ2v) is 11.6. The van der Waals surface area contributed by atoms with Crippen LogP contribution in [0, 0.1) is 10.1 Å². The number of nitrogens with zero attached hydrogens (tertiary/aromatic N) is 3. The zero-order chi connectivity index (χ0) is 27.5. The number of nitro groups is 1. The molecule has 3 aromatic rings. The first-order valence-electron chi connectivity index (χ1n) is 11.6. The largest absolute Gasteiger partial charge is 0.391 e. The Hall–Kier alpha value is -2.56. The van der Waals surface area contributed by atoms with Gasteiger partial charge in [0.15, 0.2) is 0 Å². The minimum absolute atomic E-state index is 0.0894. The number of para-hydroxylation sites is 1. The summed E-state index contributed by atoms with van der Waals surface area (Å²) in [4.78, 5) is 44.9. The van der Waals surface area contributed by atoms with Gasteiger partial charge in [-0.25, -0.2) is 14.7 Å². The molecule has 15 heteroatoms. The molecule has 2 heterocycles. The lowest BCUT2D eigenvalue weighted by molar-refractivity contribution is -0.387. The van der Waals surface area contributed by atoms with Crippen LogP contribution in [0.1, 0.15) is 28.8 Å². The number of hydrogen-bond donors (Lipinski definition) is 4. The second kappa shape index (κ2) is 15.1. The zero-order valence-corrected chi connectivity index (χ0v) is 24.0. The average Bonchev–Trinajstić information content (AvgIpc) is 3.57. The van der Waals surface area contributed by atoms with Crippen molar-refractivity contribution < 1.29 is 19.6 Å². The first-order valence-corrected chi connectivity index (χ1v) is 15.6. The number of carbonyl (C=O) groups excluding carboxylic acids is 2. The molecule has 4 N–H and O–H groups in total. The number of thioether (sulfide) groups is 1. The average molecular weight is 597 g/mol. The SMILES string of the molecule is CSCCCNC(=O)c1csc(-c2csc(CCNC(=O)[C@H](NSc3ccccc3[N+](=O)[O-])[C@@H](C)O)n2)n1. The zero-order valence-electron chi connectivity index (χ0n) is 20.7. The molecule has 0 saturated carbocycles. The van der Waals surface area contributed by atoms with Gasteiger partial charge in [0.05, 0.1) is 16.0 Å². The molecule has 0 radical (unpaired) electrons. The van der Waals surface area contributed by atoms with Crippen molar-refractivity contribution in [2.45, 2.75) is 36.8 Å². The molecule has 38 heavy (non-hydrogen) atoms. The van der Waals surface area contributed by atoms with E-state index in [1.807, 2.05) is 11.6 Å². The first-order chi connectivity index (χ1) is 18.3. The summed E-state index contributed by atoms with van der Waals surface area (Å²) in [6.45, 7) is 2.36. The Bertz CT molecular complexity index is 1230. The fraction of sp³-hybridized carbons (Fsp3) is 0.391. The molecule has 204 valence electrons. The predicted octanol–water partition coefficient (Wildman–Crippen LogP) is 3.36. The van der Waals surface area contributed by atoms with Crippen molar-refractivity contribution in [3.63, 3.8) is 0 Å². The number of hydrogen-bond acceptors (Lipinski definition) is 12. The Morgan fingerprint density at radius 3 is 2.68 bits per heavy atom. The summed E-state index contributed by atoms with van der Waals surface area (Å²) in [5, 5.41) is 31.9. The highest BCUT2D eigenvalue weighted by atomic mass is 32.2. The van der Waals surface area contributed by atoms with Crippen LogP contribution >= 0.6 is 46.4 Å². The van der Waals surface area contributed by atoms with Gasteiger partial charge in [-0.15, -0.1) is 22.7 Å². The molecule has 0 aliphatic heterocycles. The molecule has 0 aliphatic carbocycles. The van der Waals surface area contributed by atoms with Gasteiger partial charge in [-0.3, -0.25) is 19.7 Å². The van der Waals surface area contributed by atoms with E-state index >= 15 is 0 Å². The maximum absolute atomic E-state index is 12.7. The molecular formula is C23H28N6O5S4. The topological polar surface area (TPSA) is 159 Å². The predicted molar refractivity (Wildman–Crippen MR) is 153 cm³/mol. The van der Waals surface area contributed by atoms with Gasteiger partial charge in [0.2, 0.25) is 5.91 Å². The number of thiazole rings is 2. The van der Waals surface area contributed by atoms with Gasteiger partial charge in [-0.1, -0.05) is 12.1 Å². The van der Waals surface area contributed by atoms with Crippen molar-refractivity contribution in [1.29, 1.82) is 0 Å². The molecule has 2 atom stereocenters. The van der Waals surface area contributed by atoms with Crippen molar-refractivity contribution >= 4 is 63.9 Å². The van der Waals surface area contributed by atoms with Gasteiger partial charge in [0.1, 0.15) is 27.3 Å². The summed E-state index contributed by atoms with van der Waals surface area (Å²) in [7, 11) is 0. The fourth-order valence-electron chi connectivity index (χ4n) is 3.12. The van der Waals surface area contributed by atoms with Crippen LogP contribution in [0.2, 0.25) is 0 Å². The van der Waals surface area contributed by atoms with E-state index in [9.17, 15) is 24.8 Å². The van der Waals surface area contributed by atoms with E-state index in [-0.39, 0.29) is 18.1 Å². The molecule has 2 amide bonds. The number of aliphatic hydroxyl groups excluding tert-OH is 1. The molecule has 3 rings (SSSR count). The number of aliphatic hydroxyl groups is 1. The molecule has 11 nitrogen and oxygen atoms in total. The van der Waals surface area contributed by atoms with Gasteiger partial charge in [0.25, 0.3) is 11.6 Å². The number of benzene rings is 1. The number of nitro benzene ring substituents is 1. The Balaban J connectivity index is 1.49. The summed E-state index contributed by atoms with van der Waals surface area (Å²) in [6.07, 6.45) is 2.36. The number of nitrogens with one attached hydrogen (secondary N) is 3. The third-order valence-electron chi connectivity index (χ3n) is 5.08. The van der Waals surface area contributed by atoms with Gasteiger partial charge < -0.3 is 15.7 Å². The lowest BCUT2D eigenvalue weighted by Gasteiger charge is -2.20. The lowest BCUT2D eigenvalue weighted by atomic mass is 10.2. The second-order valence-electron chi connectivity index (χ2n) is 7.97. The van der Waals surface area contributed by atoms with Crippen LogP contribution in [0.15, 0.2) is 39.9 Å². The minimum Gasteiger partial charge on any atom is -0.391 e. The molecule has 0 spiro atoms. The molecule has 1 aromatic carbocycles. The highest BCUT2D eigenvalue weighted by Gasteiger charge is 2.25. The van der Waals surface area contributed by atoms with Crippen molar-refractivity contribution in [2.75, 3.05) is 25.1 Å². The number of rotatable bonds is 15. The number of aromatic nitrogens is 2. The van der Waals surface area contributed by atoms with Gasteiger partial charge in [-0.2, -0.15) is 11.8 Å². The third-order valence-corrected chi connectivity index (χ3v) is 8.49. The molecule has 0 unspecified atom stereocenters. The Morgan fingerprint density at radius 1 is 1.16 bits per heavy atom. The maximum Gasteiger partial charge on any atom is 0.284 e. The number of carbonyl (C=O) groups is 2. The van der Waals surface area contributed by atoms with Crippen LogP contribution in [-0.2, 0) is 11.2 Å².